The van der Waals surface area contributed by atoms with Crippen molar-refractivity contribution in [2.24, 2.45) is 17.8 Å². The van der Waals surface area contributed by atoms with Gasteiger partial charge in [-0.1, -0.05) is 36.8 Å². The second-order valence-corrected chi connectivity index (χ2v) is 6.68. The van der Waals surface area contributed by atoms with E-state index in [0.29, 0.717) is 5.92 Å². The number of nitrogens with one attached hydrogen (secondary N) is 1. The number of amides is 1. The molecule has 2 fully saturated rings. The van der Waals surface area contributed by atoms with E-state index in [1.165, 1.54) is 25.7 Å². The molecule has 0 radical (unpaired) electrons. The van der Waals surface area contributed by atoms with Crippen molar-refractivity contribution in [1.82, 2.24) is 5.32 Å². The van der Waals surface area contributed by atoms with Crippen LogP contribution in [0.1, 0.15) is 38.2 Å². The number of rotatable bonds is 4. The summed E-state index contributed by atoms with van der Waals surface area (Å²) in [4.78, 5) is 12.4. The second kappa shape index (κ2) is 6.36. The molecule has 0 saturated heterocycles. The van der Waals surface area contributed by atoms with Gasteiger partial charge in [0.25, 0.3) is 5.91 Å². The minimum atomic E-state index is -0.248. The lowest BCUT2D eigenvalue weighted by Crippen LogP contribution is -2.40. The molecule has 2 aliphatic rings. The van der Waals surface area contributed by atoms with Crippen LogP contribution in [0.2, 0.25) is 0 Å². The van der Waals surface area contributed by atoms with Gasteiger partial charge < -0.3 is 5.32 Å². The molecule has 3 nitrogen and oxygen atoms in total. The third kappa shape index (κ3) is 3.06. The first kappa shape index (κ1) is 14.8. The zero-order valence-corrected chi connectivity index (χ0v) is 13.0. The van der Waals surface area contributed by atoms with E-state index < -0.39 is 0 Å². The number of nitriles is 1. The summed E-state index contributed by atoms with van der Waals surface area (Å²) >= 11 is 0. The zero-order valence-electron chi connectivity index (χ0n) is 13.0. The van der Waals surface area contributed by atoms with Crippen LogP contribution in [0, 0.1) is 29.1 Å². The van der Waals surface area contributed by atoms with Crippen molar-refractivity contribution < 1.29 is 4.79 Å². The van der Waals surface area contributed by atoms with Gasteiger partial charge in [-0.15, -0.1) is 0 Å². The highest BCUT2D eigenvalue weighted by Crippen LogP contribution is 2.49. The van der Waals surface area contributed by atoms with Crippen LogP contribution in [0.15, 0.2) is 35.9 Å². The van der Waals surface area contributed by atoms with E-state index in [9.17, 15) is 10.1 Å². The summed E-state index contributed by atoms with van der Waals surface area (Å²) in [6.45, 7) is 2.08. The Morgan fingerprint density at radius 3 is 2.68 bits per heavy atom. The fourth-order valence-corrected chi connectivity index (χ4v) is 4.16. The molecule has 3 heteroatoms. The summed E-state index contributed by atoms with van der Waals surface area (Å²) in [6.07, 6.45) is 6.88. The summed E-state index contributed by atoms with van der Waals surface area (Å²) in [6, 6.07) is 11.7. The van der Waals surface area contributed by atoms with Crippen LogP contribution >= 0.6 is 0 Å². The van der Waals surface area contributed by atoms with Crippen molar-refractivity contribution in [2.75, 3.05) is 0 Å². The molecule has 0 aliphatic heterocycles. The van der Waals surface area contributed by atoms with Crippen molar-refractivity contribution in [3.05, 3.63) is 41.5 Å². The Labute approximate surface area is 132 Å². The predicted octanol–water partition coefficient (Wildman–Crippen LogP) is 3.53. The van der Waals surface area contributed by atoms with Crippen molar-refractivity contribution in [3.8, 4) is 6.07 Å². The van der Waals surface area contributed by atoms with Gasteiger partial charge >= 0.3 is 0 Å². The Balaban J connectivity index is 1.65. The normalized spacial score (nSPS) is 28.2. The van der Waals surface area contributed by atoms with Gasteiger partial charge in [-0.3, -0.25) is 4.79 Å². The van der Waals surface area contributed by atoms with Crippen LogP contribution < -0.4 is 5.32 Å². The molecule has 114 valence electrons. The van der Waals surface area contributed by atoms with Gasteiger partial charge in [-0.05, 0) is 55.6 Å². The van der Waals surface area contributed by atoms with Gasteiger partial charge in [0.05, 0.1) is 0 Å². The first-order valence-electron chi connectivity index (χ1n) is 8.15. The smallest absolute Gasteiger partial charge is 0.262 e. The van der Waals surface area contributed by atoms with Crippen molar-refractivity contribution in [3.63, 3.8) is 0 Å². The molecule has 0 spiro atoms. The average molecular weight is 294 g/mol. The van der Waals surface area contributed by atoms with Gasteiger partial charge in [-0.25, -0.2) is 0 Å². The van der Waals surface area contributed by atoms with E-state index in [1.807, 2.05) is 36.4 Å². The van der Waals surface area contributed by atoms with Crippen LogP contribution in [-0.2, 0) is 4.79 Å². The van der Waals surface area contributed by atoms with E-state index in [0.717, 1.165) is 17.4 Å². The molecule has 1 aromatic rings. The number of fused-ring (bicyclic) bond motifs is 2. The highest BCUT2D eigenvalue weighted by atomic mass is 16.1. The van der Waals surface area contributed by atoms with E-state index in [1.54, 1.807) is 6.08 Å². The van der Waals surface area contributed by atoms with E-state index in [2.05, 4.69) is 12.2 Å². The molecule has 2 bridgehead atoms. The highest BCUT2D eigenvalue weighted by molar-refractivity contribution is 6.01. The Morgan fingerprint density at radius 2 is 2.09 bits per heavy atom. The maximum atomic E-state index is 12.4. The summed E-state index contributed by atoms with van der Waals surface area (Å²) in [5.41, 5.74) is 1.06. The van der Waals surface area contributed by atoms with Crippen molar-refractivity contribution in [1.29, 1.82) is 5.26 Å². The molecule has 2 aliphatic carbocycles. The molecular weight excluding hydrogens is 272 g/mol. The number of benzene rings is 1. The highest BCUT2D eigenvalue weighted by Gasteiger charge is 2.42. The Kier molecular flexibility index (Phi) is 4.29. The molecule has 1 aromatic carbocycles. The van der Waals surface area contributed by atoms with E-state index in [-0.39, 0.29) is 17.5 Å². The van der Waals surface area contributed by atoms with Gasteiger partial charge in [-0.2, -0.15) is 5.26 Å². The quantitative estimate of drug-likeness (QED) is 0.682. The number of carbonyl (C=O) groups excluding carboxylic acids is 1. The molecule has 3 rings (SSSR count). The topological polar surface area (TPSA) is 52.9 Å². The molecule has 22 heavy (non-hydrogen) atoms. The minimum Gasteiger partial charge on any atom is -0.349 e. The molecule has 0 heterocycles. The van der Waals surface area contributed by atoms with Gasteiger partial charge in [0, 0.05) is 6.04 Å². The van der Waals surface area contributed by atoms with E-state index in [4.69, 9.17) is 0 Å². The second-order valence-electron chi connectivity index (χ2n) is 6.68. The summed E-state index contributed by atoms with van der Waals surface area (Å²) in [7, 11) is 0. The zero-order chi connectivity index (χ0) is 15.5. The van der Waals surface area contributed by atoms with Crippen LogP contribution in [0.5, 0.6) is 0 Å². The number of hydrogen-bond donors (Lipinski definition) is 1. The van der Waals surface area contributed by atoms with Gasteiger partial charge in [0.15, 0.2) is 0 Å². The van der Waals surface area contributed by atoms with Crippen LogP contribution in [0.25, 0.3) is 6.08 Å². The molecule has 1 amide bonds. The standard InChI is InChI=1S/C19H22N2O/c1-13(18-11-15-7-8-16(18)10-15)21-19(22)17(12-20)9-14-5-3-2-4-6-14/h2-6,9,13,15-16,18H,7-8,10-11H2,1H3,(H,21,22)/b17-9-. The summed E-state index contributed by atoms with van der Waals surface area (Å²) < 4.78 is 0. The minimum absolute atomic E-state index is 0.148. The maximum Gasteiger partial charge on any atom is 0.262 e. The number of hydrogen-bond acceptors (Lipinski definition) is 2. The SMILES string of the molecule is CC(NC(=O)/C(C#N)=C\c1ccccc1)C1CC2CCC1C2. The molecule has 2 saturated carbocycles. The van der Waals surface area contributed by atoms with Gasteiger partial charge in [0.1, 0.15) is 11.6 Å². The lowest BCUT2D eigenvalue weighted by Gasteiger charge is -2.28. The molecular formula is C19H22N2O. The predicted molar refractivity (Wildman–Crippen MR) is 86.6 cm³/mol. The van der Waals surface area contributed by atoms with Gasteiger partial charge in [0.2, 0.25) is 0 Å². The first-order chi connectivity index (χ1) is 10.7. The third-order valence-electron chi connectivity index (χ3n) is 5.27. The summed E-state index contributed by atoms with van der Waals surface area (Å²) in [5, 5.41) is 12.3. The van der Waals surface area contributed by atoms with Crippen molar-refractivity contribution in [2.45, 2.75) is 38.6 Å². The van der Waals surface area contributed by atoms with Crippen LogP contribution in [-0.4, -0.2) is 11.9 Å². The average Bonchev–Trinajstić information content (AvgIpc) is 3.16. The Hall–Kier alpha value is -2.08. The molecule has 1 N–H and O–H groups in total. The number of carbonyl (C=O) groups is 1. The van der Waals surface area contributed by atoms with E-state index >= 15 is 0 Å². The van der Waals surface area contributed by atoms with Crippen molar-refractivity contribution >= 4 is 12.0 Å². The fraction of sp³-hybridized carbons (Fsp3) is 0.474. The lowest BCUT2D eigenvalue weighted by atomic mass is 9.84. The Bertz CT molecular complexity index is 614. The first-order valence-corrected chi connectivity index (χ1v) is 8.15. The van der Waals surface area contributed by atoms with Crippen LogP contribution in [0.4, 0.5) is 0 Å². The monoisotopic (exact) mass is 294 g/mol. The molecule has 0 aromatic heterocycles. The lowest BCUT2D eigenvalue weighted by molar-refractivity contribution is -0.118. The van der Waals surface area contributed by atoms with Crippen LogP contribution in [0.3, 0.4) is 0 Å². The third-order valence-corrected chi connectivity index (χ3v) is 5.27. The fourth-order valence-electron chi connectivity index (χ4n) is 4.16. The molecule has 4 unspecified atom stereocenters. The summed E-state index contributed by atoms with van der Waals surface area (Å²) in [5.74, 6) is 1.97. The molecule has 4 atom stereocenters. The Morgan fingerprint density at radius 1 is 1.32 bits per heavy atom. The maximum absolute atomic E-state index is 12.4. The largest absolute Gasteiger partial charge is 0.349 e. The number of nitrogens with zero attached hydrogens (tertiary/aromatic N) is 1.